The van der Waals surface area contributed by atoms with Gasteiger partial charge >= 0.3 is 0 Å². The number of likely N-dealkylation sites (N-methyl/N-ethyl adjacent to an activating group) is 1. The second-order valence-electron chi connectivity index (χ2n) is 5.33. The highest BCUT2D eigenvalue weighted by atomic mass is 35.5. The molecule has 0 saturated carbocycles. The number of hydrogen-bond acceptors (Lipinski definition) is 3. The second kappa shape index (κ2) is 9.22. The van der Waals surface area contributed by atoms with Crippen molar-refractivity contribution in [3.8, 4) is 0 Å². The summed E-state index contributed by atoms with van der Waals surface area (Å²) in [6.45, 7) is 10.9. The summed E-state index contributed by atoms with van der Waals surface area (Å²) in [7, 11) is 1.73. The minimum absolute atomic E-state index is 0.636. The van der Waals surface area contributed by atoms with Gasteiger partial charge in [0.05, 0.1) is 6.61 Å². The maximum Gasteiger partial charge on any atom is 0.0637 e. The summed E-state index contributed by atoms with van der Waals surface area (Å²) in [5.41, 5.74) is 2.38. The quantitative estimate of drug-likeness (QED) is 0.754. The Kier molecular flexibility index (Phi) is 7.97. The van der Waals surface area contributed by atoms with Crippen molar-refractivity contribution < 1.29 is 4.74 Å². The van der Waals surface area contributed by atoms with E-state index in [0.717, 1.165) is 37.8 Å². The van der Waals surface area contributed by atoms with Crippen molar-refractivity contribution in [2.45, 2.75) is 27.3 Å². The predicted octanol–water partition coefficient (Wildman–Crippen LogP) is 3.56. The number of hydrogen-bond donors (Lipinski definition) is 1. The number of halogens is 1. The number of nitrogens with zero attached hydrogens (tertiary/aromatic N) is 1. The zero-order valence-electron chi connectivity index (χ0n) is 13.1. The van der Waals surface area contributed by atoms with E-state index < -0.39 is 0 Å². The average Bonchev–Trinajstić information content (AvgIpc) is 2.42. The highest BCUT2D eigenvalue weighted by Crippen LogP contribution is 2.27. The number of benzene rings is 1. The molecule has 0 spiro atoms. The Labute approximate surface area is 128 Å². The van der Waals surface area contributed by atoms with Crippen molar-refractivity contribution in [1.29, 1.82) is 0 Å². The van der Waals surface area contributed by atoms with E-state index in [4.69, 9.17) is 16.3 Å². The third-order valence-electron chi connectivity index (χ3n) is 3.24. The van der Waals surface area contributed by atoms with Crippen LogP contribution in [-0.4, -0.2) is 33.4 Å². The zero-order valence-corrected chi connectivity index (χ0v) is 13.8. The molecule has 3 nitrogen and oxygen atoms in total. The van der Waals surface area contributed by atoms with Gasteiger partial charge in [-0.05, 0) is 31.5 Å². The van der Waals surface area contributed by atoms with Crippen LogP contribution >= 0.6 is 11.6 Å². The molecule has 0 unspecified atom stereocenters. The van der Waals surface area contributed by atoms with E-state index in [0.29, 0.717) is 5.92 Å². The van der Waals surface area contributed by atoms with Gasteiger partial charge < -0.3 is 15.0 Å². The van der Waals surface area contributed by atoms with Gasteiger partial charge in [-0.3, -0.25) is 0 Å². The van der Waals surface area contributed by atoms with Gasteiger partial charge in [0.1, 0.15) is 0 Å². The van der Waals surface area contributed by atoms with Crippen LogP contribution in [0.2, 0.25) is 5.02 Å². The molecule has 0 atom stereocenters. The Morgan fingerprint density at radius 1 is 1.35 bits per heavy atom. The van der Waals surface area contributed by atoms with Crippen LogP contribution in [0.4, 0.5) is 5.69 Å². The Bertz CT molecular complexity index is 396. The van der Waals surface area contributed by atoms with E-state index in [1.165, 1.54) is 11.3 Å². The molecule has 1 rings (SSSR count). The molecule has 0 amide bonds. The van der Waals surface area contributed by atoms with Crippen LogP contribution in [-0.2, 0) is 11.3 Å². The molecule has 1 aromatic carbocycles. The molecule has 1 aromatic rings. The fraction of sp³-hybridized carbons (Fsp3) is 0.625. The van der Waals surface area contributed by atoms with Gasteiger partial charge in [0.2, 0.25) is 0 Å². The Balaban J connectivity index is 2.85. The number of ether oxygens (including phenoxy) is 1. The summed E-state index contributed by atoms with van der Waals surface area (Å²) in [6, 6.07) is 6.11. The standard InChI is InChI=1S/C16H27ClN2O/c1-5-19(9-10-20-4)16-8-6-7-15(17)14(16)12-18-11-13(2)3/h6-8,13,18H,5,9-12H2,1-4H3. The van der Waals surface area contributed by atoms with Crippen molar-refractivity contribution in [3.63, 3.8) is 0 Å². The van der Waals surface area contributed by atoms with Crippen molar-refractivity contribution in [1.82, 2.24) is 5.32 Å². The Morgan fingerprint density at radius 2 is 2.10 bits per heavy atom. The molecule has 0 aliphatic carbocycles. The third-order valence-corrected chi connectivity index (χ3v) is 3.59. The normalized spacial score (nSPS) is 11.1. The van der Waals surface area contributed by atoms with Crippen LogP contribution in [0.25, 0.3) is 0 Å². The maximum atomic E-state index is 6.38. The largest absolute Gasteiger partial charge is 0.383 e. The summed E-state index contributed by atoms with van der Waals surface area (Å²) >= 11 is 6.38. The van der Waals surface area contributed by atoms with Crippen molar-refractivity contribution in [3.05, 3.63) is 28.8 Å². The highest BCUT2D eigenvalue weighted by Gasteiger charge is 2.12. The molecule has 0 aliphatic rings. The molecular formula is C16H27ClN2O. The van der Waals surface area contributed by atoms with E-state index >= 15 is 0 Å². The summed E-state index contributed by atoms with van der Waals surface area (Å²) in [5.74, 6) is 0.636. The summed E-state index contributed by atoms with van der Waals surface area (Å²) in [4.78, 5) is 2.31. The third kappa shape index (κ3) is 5.31. The van der Waals surface area contributed by atoms with Gasteiger partial charge in [0, 0.05) is 43.0 Å². The zero-order chi connectivity index (χ0) is 15.0. The highest BCUT2D eigenvalue weighted by molar-refractivity contribution is 6.31. The van der Waals surface area contributed by atoms with Crippen molar-refractivity contribution in [2.24, 2.45) is 5.92 Å². The van der Waals surface area contributed by atoms with Crippen LogP contribution in [0, 0.1) is 5.92 Å². The molecule has 0 aromatic heterocycles. The molecular weight excluding hydrogens is 272 g/mol. The first-order chi connectivity index (χ1) is 9.60. The molecule has 0 fully saturated rings. The van der Waals surface area contributed by atoms with Gasteiger partial charge in [0.15, 0.2) is 0 Å². The SMILES string of the molecule is CCN(CCOC)c1cccc(Cl)c1CNCC(C)C. The number of nitrogens with one attached hydrogen (secondary N) is 1. The second-order valence-corrected chi connectivity index (χ2v) is 5.74. The van der Waals surface area contributed by atoms with Crippen LogP contribution in [0.1, 0.15) is 26.3 Å². The fourth-order valence-corrected chi connectivity index (χ4v) is 2.39. The van der Waals surface area contributed by atoms with Gasteiger partial charge in [-0.25, -0.2) is 0 Å². The van der Waals surface area contributed by atoms with Crippen LogP contribution in [0.5, 0.6) is 0 Å². The Hall–Kier alpha value is -0.770. The molecule has 0 radical (unpaired) electrons. The molecule has 0 aliphatic heterocycles. The van der Waals surface area contributed by atoms with Crippen molar-refractivity contribution >= 4 is 17.3 Å². The summed E-state index contributed by atoms with van der Waals surface area (Å²) in [5, 5.41) is 4.30. The van der Waals surface area contributed by atoms with Crippen LogP contribution in [0.3, 0.4) is 0 Å². The molecule has 4 heteroatoms. The number of rotatable bonds is 9. The molecule has 0 bridgehead atoms. The van der Waals surface area contributed by atoms with Crippen LogP contribution in [0.15, 0.2) is 18.2 Å². The van der Waals surface area contributed by atoms with Gasteiger partial charge in [0.25, 0.3) is 0 Å². The lowest BCUT2D eigenvalue weighted by atomic mass is 10.1. The topological polar surface area (TPSA) is 24.5 Å². The average molecular weight is 299 g/mol. The monoisotopic (exact) mass is 298 g/mol. The van der Waals surface area contributed by atoms with E-state index in [-0.39, 0.29) is 0 Å². The van der Waals surface area contributed by atoms with Gasteiger partial charge in [-0.2, -0.15) is 0 Å². The molecule has 114 valence electrons. The minimum atomic E-state index is 0.636. The van der Waals surface area contributed by atoms with E-state index in [9.17, 15) is 0 Å². The maximum absolute atomic E-state index is 6.38. The lowest BCUT2D eigenvalue weighted by Gasteiger charge is -2.26. The van der Waals surface area contributed by atoms with Crippen molar-refractivity contribution in [2.75, 3.05) is 38.3 Å². The fourth-order valence-electron chi connectivity index (χ4n) is 2.15. The summed E-state index contributed by atoms with van der Waals surface area (Å²) < 4.78 is 5.19. The molecule has 1 N–H and O–H groups in total. The first-order valence-electron chi connectivity index (χ1n) is 7.32. The van der Waals surface area contributed by atoms with Gasteiger partial charge in [-0.15, -0.1) is 0 Å². The van der Waals surface area contributed by atoms with Gasteiger partial charge in [-0.1, -0.05) is 31.5 Å². The number of methoxy groups -OCH3 is 1. The molecule has 0 saturated heterocycles. The Morgan fingerprint density at radius 3 is 2.70 bits per heavy atom. The first-order valence-corrected chi connectivity index (χ1v) is 7.69. The van der Waals surface area contributed by atoms with E-state index in [1.807, 2.05) is 12.1 Å². The minimum Gasteiger partial charge on any atom is -0.383 e. The van der Waals surface area contributed by atoms with E-state index in [2.05, 4.69) is 37.1 Å². The lowest BCUT2D eigenvalue weighted by Crippen LogP contribution is -2.29. The molecule has 20 heavy (non-hydrogen) atoms. The summed E-state index contributed by atoms with van der Waals surface area (Å²) in [6.07, 6.45) is 0. The molecule has 0 heterocycles. The van der Waals surface area contributed by atoms with E-state index in [1.54, 1.807) is 7.11 Å². The smallest absolute Gasteiger partial charge is 0.0637 e. The first kappa shape index (κ1) is 17.3. The lowest BCUT2D eigenvalue weighted by molar-refractivity contribution is 0.205. The van der Waals surface area contributed by atoms with Crippen LogP contribution < -0.4 is 10.2 Å². The predicted molar refractivity (Wildman–Crippen MR) is 87.8 cm³/mol. The number of anilines is 1.